The Bertz CT molecular complexity index is 1270. The summed E-state index contributed by atoms with van der Waals surface area (Å²) in [4.78, 5) is 36.1. The van der Waals surface area contributed by atoms with Gasteiger partial charge in [0.05, 0.1) is 32.8 Å². The summed E-state index contributed by atoms with van der Waals surface area (Å²) in [5, 5.41) is 11.4. The number of aliphatic hydroxyl groups is 1. The molecule has 0 aliphatic carbocycles. The molecule has 0 bridgehead atoms. The molecule has 0 saturated carbocycles. The maximum atomic E-state index is 13.4. The molecule has 170 valence electrons. The summed E-state index contributed by atoms with van der Waals surface area (Å²) in [6, 6.07) is 6.79. The molecule has 0 radical (unpaired) electrons. The van der Waals surface area contributed by atoms with E-state index in [1.165, 1.54) is 29.4 Å². The maximum absolute atomic E-state index is 13.4. The van der Waals surface area contributed by atoms with E-state index in [9.17, 15) is 27.9 Å². The molecule has 1 amide bonds. The summed E-state index contributed by atoms with van der Waals surface area (Å²) >= 11 is 1.15. The van der Waals surface area contributed by atoms with Gasteiger partial charge in [-0.3, -0.25) is 14.6 Å². The summed E-state index contributed by atoms with van der Waals surface area (Å²) in [6.07, 6.45) is -1.59. The van der Waals surface area contributed by atoms with E-state index in [0.717, 1.165) is 23.5 Å². The van der Waals surface area contributed by atoms with Crippen molar-refractivity contribution in [3.8, 4) is 0 Å². The van der Waals surface area contributed by atoms with Crippen molar-refractivity contribution in [2.45, 2.75) is 32.6 Å². The van der Waals surface area contributed by atoms with Crippen LogP contribution in [-0.4, -0.2) is 31.7 Å². The molecule has 1 aliphatic rings. The molecule has 1 atom stereocenters. The number of aliphatic hydroxyl groups excluding tert-OH is 1. The number of halogens is 3. The van der Waals surface area contributed by atoms with Gasteiger partial charge in [-0.2, -0.15) is 13.2 Å². The number of amides is 1. The molecule has 1 aromatic carbocycles. The number of rotatable bonds is 5. The Kier molecular flexibility index (Phi) is 5.79. The summed E-state index contributed by atoms with van der Waals surface area (Å²) in [5.74, 6) is -2.10. The van der Waals surface area contributed by atoms with Crippen molar-refractivity contribution in [2.24, 2.45) is 0 Å². The zero-order chi connectivity index (χ0) is 23.9. The van der Waals surface area contributed by atoms with Crippen molar-refractivity contribution in [2.75, 3.05) is 0 Å². The smallest absolute Gasteiger partial charge is 0.416 e. The Morgan fingerprint density at radius 3 is 2.48 bits per heavy atom. The lowest BCUT2D eigenvalue weighted by Gasteiger charge is -2.27. The number of pyridine rings is 1. The molecule has 1 N–H and O–H groups in total. The number of carbonyl (C=O) groups excluding carboxylic acids is 2. The van der Waals surface area contributed by atoms with Crippen LogP contribution in [-0.2, 0) is 17.5 Å². The van der Waals surface area contributed by atoms with Gasteiger partial charge in [-0.15, -0.1) is 11.3 Å². The molecule has 6 nitrogen and oxygen atoms in total. The molecule has 2 aromatic heterocycles. The Morgan fingerprint density at radius 1 is 1.18 bits per heavy atom. The van der Waals surface area contributed by atoms with Gasteiger partial charge in [0.25, 0.3) is 5.91 Å². The van der Waals surface area contributed by atoms with Crippen LogP contribution in [0, 0.1) is 13.8 Å². The number of nitrogens with zero attached hydrogens (tertiary/aromatic N) is 3. The van der Waals surface area contributed by atoms with Crippen molar-refractivity contribution in [1.29, 1.82) is 0 Å². The summed E-state index contributed by atoms with van der Waals surface area (Å²) < 4.78 is 39.5. The van der Waals surface area contributed by atoms with Gasteiger partial charge in [-0.1, -0.05) is 12.1 Å². The monoisotopic (exact) mass is 473 g/mol. The number of carbonyl (C=O) groups is 2. The number of thiazole rings is 1. The van der Waals surface area contributed by atoms with Gasteiger partial charge in [-0.25, -0.2) is 4.98 Å². The number of hydrogen-bond acceptors (Lipinski definition) is 6. The number of hydrogen-bond donors (Lipinski definition) is 1. The van der Waals surface area contributed by atoms with Crippen LogP contribution in [0.25, 0.3) is 0 Å². The van der Waals surface area contributed by atoms with Crippen LogP contribution in [0.1, 0.15) is 43.1 Å². The number of benzene rings is 1. The van der Waals surface area contributed by atoms with Gasteiger partial charge in [-0.05, 0) is 49.2 Å². The van der Waals surface area contributed by atoms with Crippen molar-refractivity contribution < 1.29 is 27.9 Å². The Morgan fingerprint density at radius 2 is 1.88 bits per heavy atom. The van der Waals surface area contributed by atoms with E-state index in [0.29, 0.717) is 21.1 Å². The van der Waals surface area contributed by atoms with Gasteiger partial charge in [0.2, 0.25) is 5.78 Å². The normalized spacial score (nSPS) is 16.6. The van der Waals surface area contributed by atoms with Crippen molar-refractivity contribution in [1.82, 2.24) is 14.9 Å². The van der Waals surface area contributed by atoms with Gasteiger partial charge in [0, 0.05) is 18.9 Å². The third kappa shape index (κ3) is 4.25. The van der Waals surface area contributed by atoms with Crippen LogP contribution in [0.15, 0.2) is 60.1 Å². The van der Waals surface area contributed by atoms with Crippen molar-refractivity contribution >= 4 is 23.0 Å². The van der Waals surface area contributed by atoms with Gasteiger partial charge < -0.3 is 10.0 Å². The zero-order valence-electron chi connectivity index (χ0n) is 17.6. The minimum absolute atomic E-state index is 0.134. The molecule has 0 fully saturated rings. The second-order valence-electron chi connectivity index (χ2n) is 7.55. The van der Waals surface area contributed by atoms with Crippen LogP contribution in [0.2, 0.25) is 0 Å². The maximum Gasteiger partial charge on any atom is 0.416 e. The molecule has 3 aromatic rings. The predicted molar refractivity (Wildman–Crippen MR) is 115 cm³/mol. The van der Waals surface area contributed by atoms with E-state index in [2.05, 4.69) is 9.97 Å². The predicted octanol–water partition coefficient (Wildman–Crippen LogP) is 4.95. The third-order valence-corrected chi connectivity index (χ3v) is 6.36. The average molecular weight is 473 g/mol. The highest BCUT2D eigenvalue weighted by Crippen LogP contribution is 2.41. The number of ketones is 1. The third-order valence-electron chi connectivity index (χ3n) is 5.29. The zero-order valence-corrected chi connectivity index (χ0v) is 18.4. The second kappa shape index (κ2) is 8.43. The Labute approximate surface area is 191 Å². The number of alkyl halides is 3. The molecular formula is C23H18F3N3O3S. The Balaban J connectivity index is 1.78. The molecular weight excluding hydrogens is 455 g/mol. The van der Waals surface area contributed by atoms with E-state index in [1.807, 2.05) is 0 Å². The molecule has 3 heterocycles. The quantitative estimate of drug-likeness (QED) is 0.530. The fourth-order valence-electron chi connectivity index (χ4n) is 3.85. The first-order chi connectivity index (χ1) is 15.6. The fourth-order valence-corrected chi connectivity index (χ4v) is 4.72. The van der Waals surface area contributed by atoms with Crippen LogP contribution >= 0.6 is 11.3 Å². The molecule has 1 aliphatic heterocycles. The minimum Gasteiger partial charge on any atom is -0.503 e. The van der Waals surface area contributed by atoms with E-state index in [1.54, 1.807) is 26.0 Å². The number of aromatic nitrogens is 2. The highest BCUT2D eigenvalue weighted by molar-refractivity contribution is 7.14. The molecule has 10 heteroatoms. The van der Waals surface area contributed by atoms with Crippen LogP contribution in [0.4, 0.5) is 13.2 Å². The van der Waals surface area contributed by atoms with Gasteiger partial charge in [0.1, 0.15) is 0 Å². The van der Waals surface area contributed by atoms with Gasteiger partial charge >= 0.3 is 6.18 Å². The SMILES string of the molecule is Cc1nc(C)c(C(=O)C2=C(O)C(=O)N(Cc3cccc(C(F)(F)F)c3)C2c2ccncc2)s1. The average Bonchev–Trinajstić information content (AvgIpc) is 3.24. The van der Waals surface area contributed by atoms with E-state index < -0.39 is 35.2 Å². The van der Waals surface area contributed by atoms with Crippen LogP contribution in [0.3, 0.4) is 0 Å². The van der Waals surface area contributed by atoms with Crippen LogP contribution < -0.4 is 0 Å². The molecule has 33 heavy (non-hydrogen) atoms. The van der Waals surface area contributed by atoms with Gasteiger partial charge in [0.15, 0.2) is 5.76 Å². The van der Waals surface area contributed by atoms with Crippen molar-refractivity contribution in [3.63, 3.8) is 0 Å². The van der Waals surface area contributed by atoms with E-state index in [4.69, 9.17) is 0 Å². The highest BCUT2D eigenvalue weighted by Gasteiger charge is 2.44. The first-order valence-electron chi connectivity index (χ1n) is 9.86. The second-order valence-corrected chi connectivity index (χ2v) is 8.76. The summed E-state index contributed by atoms with van der Waals surface area (Å²) in [7, 11) is 0. The lowest BCUT2D eigenvalue weighted by Crippen LogP contribution is -2.30. The molecule has 0 spiro atoms. The van der Waals surface area contributed by atoms with Crippen molar-refractivity contribution in [3.05, 3.63) is 92.4 Å². The van der Waals surface area contributed by atoms with Crippen LogP contribution in [0.5, 0.6) is 0 Å². The first-order valence-corrected chi connectivity index (χ1v) is 10.7. The number of Topliss-reactive ketones (excluding diaryl/α,β-unsaturated/α-hetero) is 1. The topological polar surface area (TPSA) is 83.4 Å². The Hall–Kier alpha value is -3.53. The van der Waals surface area contributed by atoms with E-state index >= 15 is 0 Å². The number of aryl methyl sites for hydroxylation is 2. The van der Waals surface area contributed by atoms with E-state index in [-0.39, 0.29) is 17.7 Å². The molecule has 1 unspecified atom stereocenters. The largest absolute Gasteiger partial charge is 0.503 e. The molecule has 4 rings (SSSR count). The standard InChI is InChI=1S/C23H18F3N3O3S/c1-12-21(33-13(2)28-12)19(30)17-18(15-6-8-27-9-7-15)29(22(32)20(17)31)11-14-4-3-5-16(10-14)23(24,25)26/h3-10,18,31H,11H2,1-2H3. The summed E-state index contributed by atoms with van der Waals surface area (Å²) in [5.41, 5.74) is 0.196. The lowest BCUT2D eigenvalue weighted by atomic mass is 9.95. The lowest BCUT2D eigenvalue weighted by molar-refractivity contribution is -0.137. The fraction of sp³-hybridized carbons (Fsp3) is 0.217. The molecule has 0 saturated heterocycles. The highest BCUT2D eigenvalue weighted by atomic mass is 32.1. The first kappa shape index (κ1) is 22.7. The minimum atomic E-state index is -4.54. The summed E-state index contributed by atoms with van der Waals surface area (Å²) in [6.45, 7) is 3.16.